The molecule has 2 aromatic carbocycles. The molecular formula is C22H25NO4. The summed E-state index contributed by atoms with van der Waals surface area (Å²) in [4.78, 5) is 26.5. The molecule has 0 unspecified atom stereocenters. The van der Waals surface area contributed by atoms with Crippen molar-refractivity contribution in [2.45, 2.75) is 32.2 Å². The molecule has 3 rings (SSSR count). The van der Waals surface area contributed by atoms with Crippen molar-refractivity contribution >= 4 is 11.8 Å². The van der Waals surface area contributed by atoms with E-state index < -0.39 is 5.54 Å². The zero-order chi connectivity index (χ0) is 19.3. The van der Waals surface area contributed by atoms with E-state index in [1.165, 1.54) is 4.90 Å². The monoisotopic (exact) mass is 367 g/mol. The van der Waals surface area contributed by atoms with Gasteiger partial charge in [0.15, 0.2) is 0 Å². The average Bonchev–Trinajstić information content (AvgIpc) is 2.93. The van der Waals surface area contributed by atoms with E-state index in [2.05, 4.69) is 0 Å². The number of para-hydroxylation sites is 1. The van der Waals surface area contributed by atoms with Crippen LogP contribution in [0.2, 0.25) is 0 Å². The van der Waals surface area contributed by atoms with Crippen LogP contribution in [0.5, 0.6) is 5.75 Å². The van der Waals surface area contributed by atoms with Crippen molar-refractivity contribution in [2.24, 2.45) is 0 Å². The highest BCUT2D eigenvalue weighted by molar-refractivity contribution is 6.21. The maximum absolute atomic E-state index is 12.6. The van der Waals surface area contributed by atoms with Crippen LogP contribution in [0.4, 0.5) is 0 Å². The number of carbonyl (C=O) groups is 2. The van der Waals surface area contributed by atoms with Gasteiger partial charge in [0, 0.05) is 6.61 Å². The number of hydrogen-bond donors (Lipinski definition) is 0. The quantitative estimate of drug-likeness (QED) is 0.498. The minimum Gasteiger partial charge on any atom is -0.494 e. The van der Waals surface area contributed by atoms with E-state index in [0.717, 1.165) is 18.6 Å². The van der Waals surface area contributed by atoms with Crippen LogP contribution >= 0.6 is 0 Å². The fourth-order valence-electron chi connectivity index (χ4n) is 3.14. The molecule has 142 valence electrons. The van der Waals surface area contributed by atoms with Crippen molar-refractivity contribution in [1.82, 2.24) is 4.90 Å². The molecule has 27 heavy (non-hydrogen) atoms. The van der Waals surface area contributed by atoms with Gasteiger partial charge in [-0.2, -0.15) is 0 Å². The SMILES string of the molecule is CC(C)(COCCCCOc1ccccc1)N1C(=O)c2ccccc2C1=O. The summed E-state index contributed by atoms with van der Waals surface area (Å²) in [6.07, 6.45) is 1.73. The van der Waals surface area contributed by atoms with E-state index in [0.29, 0.717) is 30.9 Å². The Balaban J connectivity index is 1.41. The summed E-state index contributed by atoms with van der Waals surface area (Å²) < 4.78 is 11.4. The highest BCUT2D eigenvalue weighted by Crippen LogP contribution is 2.29. The maximum atomic E-state index is 12.6. The molecule has 1 aliphatic rings. The summed E-state index contributed by atoms with van der Waals surface area (Å²) in [5.74, 6) is 0.367. The highest BCUT2D eigenvalue weighted by atomic mass is 16.5. The summed E-state index contributed by atoms with van der Waals surface area (Å²) in [5.41, 5.74) is 0.232. The van der Waals surface area contributed by atoms with Gasteiger partial charge in [-0.25, -0.2) is 0 Å². The lowest BCUT2D eigenvalue weighted by Crippen LogP contribution is -2.50. The highest BCUT2D eigenvalue weighted by Gasteiger charge is 2.43. The summed E-state index contributed by atoms with van der Waals surface area (Å²) in [5, 5.41) is 0. The van der Waals surface area contributed by atoms with Crippen LogP contribution in [0.15, 0.2) is 54.6 Å². The van der Waals surface area contributed by atoms with Crippen LogP contribution in [0.3, 0.4) is 0 Å². The van der Waals surface area contributed by atoms with E-state index in [1.807, 2.05) is 44.2 Å². The number of ether oxygens (including phenoxy) is 2. The Morgan fingerprint density at radius 2 is 1.37 bits per heavy atom. The number of nitrogens with zero attached hydrogens (tertiary/aromatic N) is 1. The molecule has 0 saturated heterocycles. The van der Waals surface area contributed by atoms with Gasteiger partial charge < -0.3 is 9.47 Å². The van der Waals surface area contributed by atoms with Gasteiger partial charge in [-0.3, -0.25) is 14.5 Å². The van der Waals surface area contributed by atoms with Crippen LogP contribution in [0, 0.1) is 0 Å². The zero-order valence-corrected chi connectivity index (χ0v) is 15.8. The minimum absolute atomic E-state index is 0.250. The predicted octanol–water partition coefficient (Wildman–Crippen LogP) is 3.94. The number of rotatable bonds is 9. The lowest BCUT2D eigenvalue weighted by Gasteiger charge is -2.33. The van der Waals surface area contributed by atoms with Gasteiger partial charge in [-0.15, -0.1) is 0 Å². The molecule has 0 fully saturated rings. The molecule has 5 heteroatoms. The number of amides is 2. The molecule has 0 aliphatic carbocycles. The molecule has 0 saturated carbocycles. The van der Waals surface area contributed by atoms with E-state index in [-0.39, 0.29) is 11.8 Å². The van der Waals surface area contributed by atoms with E-state index in [9.17, 15) is 9.59 Å². The van der Waals surface area contributed by atoms with Gasteiger partial charge in [0.1, 0.15) is 5.75 Å². The molecule has 0 spiro atoms. The van der Waals surface area contributed by atoms with Crippen LogP contribution in [0.25, 0.3) is 0 Å². The number of imide groups is 1. The molecule has 1 aliphatic heterocycles. The summed E-state index contributed by atoms with van der Waals surface area (Å²) in [6.45, 7) is 5.21. The second-order valence-electron chi connectivity index (χ2n) is 7.22. The van der Waals surface area contributed by atoms with Crippen molar-refractivity contribution in [2.75, 3.05) is 19.8 Å². The van der Waals surface area contributed by atoms with Gasteiger partial charge in [0.2, 0.25) is 0 Å². The first-order valence-electron chi connectivity index (χ1n) is 9.24. The summed E-state index contributed by atoms with van der Waals surface area (Å²) in [6, 6.07) is 16.6. The zero-order valence-electron chi connectivity index (χ0n) is 15.8. The van der Waals surface area contributed by atoms with Gasteiger partial charge in [-0.1, -0.05) is 30.3 Å². The van der Waals surface area contributed by atoms with Crippen molar-refractivity contribution in [1.29, 1.82) is 0 Å². The van der Waals surface area contributed by atoms with Crippen molar-refractivity contribution in [3.8, 4) is 5.75 Å². The lowest BCUT2D eigenvalue weighted by molar-refractivity contribution is 0.0151. The van der Waals surface area contributed by atoms with Crippen LogP contribution in [0.1, 0.15) is 47.4 Å². The third-order valence-electron chi connectivity index (χ3n) is 4.55. The molecule has 1 heterocycles. The second kappa shape index (κ2) is 8.35. The predicted molar refractivity (Wildman–Crippen MR) is 103 cm³/mol. The van der Waals surface area contributed by atoms with E-state index >= 15 is 0 Å². The maximum Gasteiger partial charge on any atom is 0.262 e. The van der Waals surface area contributed by atoms with Crippen molar-refractivity contribution in [3.05, 3.63) is 65.7 Å². The van der Waals surface area contributed by atoms with Crippen LogP contribution in [-0.2, 0) is 4.74 Å². The molecular weight excluding hydrogens is 342 g/mol. The largest absolute Gasteiger partial charge is 0.494 e. The molecule has 0 bridgehead atoms. The normalized spacial score (nSPS) is 13.8. The van der Waals surface area contributed by atoms with Crippen LogP contribution in [-0.4, -0.2) is 42.1 Å². The number of fused-ring (bicyclic) bond motifs is 1. The smallest absolute Gasteiger partial charge is 0.262 e. The van der Waals surface area contributed by atoms with Crippen LogP contribution < -0.4 is 4.74 Å². The lowest BCUT2D eigenvalue weighted by atomic mass is 10.0. The average molecular weight is 367 g/mol. The van der Waals surface area contributed by atoms with Crippen molar-refractivity contribution < 1.29 is 19.1 Å². The number of carbonyl (C=O) groups excluding carboxylic acids is 2. The Morgan fingerprint density at radius 1 is 0.815 bits per heavy atom. The van der Waals surface area contributed by atoms with Gasteiger partial charge in [-0.05, 0) is 51.0 Å². The van der Waals surface area contributed by atoms with E-state index in [1.54, 1.807) is 24.3 Å². The Bertz CT molecular complexity index is 766. The first-order chi connectivity index (χ1) is 13.0. The van der Waals surface area contributed by atoms with Crippen molar-refractivity contribution in [3.63, 3.8) is 0 Å². The van der Waals surface area contributed by atoms with Gasteiger partial charge >= 0.3 is 0 Å². The standard InChI is InChI=1S/C22H25NO4/c1-22(2,23-20(24)18-12-6-7-13-19(18)21(23)25)16-26-14-8-9-15-27-17-10-4-3-5-11-17/h3-7,10-13H,8-9,14-16H2,1-2H3. The van der Waals surface area contributed by atoms with Gasteiger partial charge in [0.05, 0.1) is 29.9 Å². The molecule has 0 N–H and O–H groups in total. The molecule has 2 aromatic rings. The number of benzene rings is 2. The Morgan fingerprint density at radius 3 is 2.00 bits per heavy atom. The molecule has 2 amide bonds. The third kappa shape index (κ3) is 4.37. The summed E-state index contributed by atoms with van der Waals surface area (Å²) >= 11 is 0. The molecule has 0 radical (unpaired) electrons. The summed E-state index contributed by atoms with van der Waals surface area (Å²) in [7, 11) is 0. The van der Waals surface area contributed by atoms with Gasteiger partial charge in [0.25, 0.3) is 11.8 Å². The topological polar surface area (TPSA) is 55.8 Å². The van der Waals surface area contributed by atoms with E-state index in [4.69, 9.17) is 9.47 Å². The fourth-order valence-corrected chi connectivity index (χ4v) is 3.14. The third-order valence-corrected chi connectivity index (χ3v) is 4.55. The minimum atomic E-state index is -0.701. The fraction of sp³-hybridized carbons (Fsp3) is 0.364. The number of unbranched alkanes of at least 4 members (excludes halogenated alkanes) is 1. The molecule has 0 atom stereocenters. The first-order valence-corrected chi connectivity index (χ1v) is 9.24. The Hall–Kier alpha value is -2.66. The Labute approximate surface area is 159 Å². The second-order valence-corrected chi connectivity index (χ2v) is 7.22. The number of hydrogen-bond acceptors (Lipinski definition) is 4. The Kier molecular flexibility index (Phi) is 5.91. The first kappa shape index (κ1) is 19.1. The molecule has 5 nitrogen and oxygen atoms in total. The molecule has 0 aromatic heterocycles.